The van der Waals surface area contributed by atoms with E-state index in [2.05, 4.69) is 34.5 Å². The highest BCUT2D eigenvalue weighted by Crippen LogP contribution is 2.34. The third kappa shape index (κ3) is 3.06. The van der Waals surface area contributed by atoms with Crippen molar-refractivity contribution in [3.63, 3.8) is 0 Å². The molecule has 0 radical (unpaired) electrons. The molecule has 0 spiro atoms. The van der Waals surface area contributed by atoms with Crippen LogP contribution in [-0.4, -0.2) is 56.6 Å². The Morgan fingerprint density at radius 3 is 1.92 bits per heavy atom. The first-order chi connectivity index (χ1) is 10.9. The lowest BCUT2D eigenvalue weighted by Gasteiger charge is -2.13. The number of aryl methyl sites for hydroxylation is 4. The number of fused-ring (bicyclic) bond motifs is 2. The fraction of sp³-hybridized carbons (Fsp3) is 0.562. The number of halogens is 1. The van der Waals surface area contributed by atoms with E-state index in [1.54, 1.807) is 0 Å². The molecule has 3 aromatic rings. The second-order valence-corrected chi connectivity index (χ2v) is 6.39. The van der Waals surface area contributed by atoms with E-state index in [0.29, 0.717) is 0 Å². The van der Waals surface area contributed by atoms with Gasteiger partial charge in [-0.25, -0.2) is 4.98 Å². The molecule has 0 aromatic carbocycles. The van der Waals surface area contributed by atoms with Crippen LogP contribution < -0.4 is 5.32 Å². The van der Waals surface area contributed by atoms with E-state index in [-0.39, 0.29) is 12.4 Å². The van der Waals surface area contributed by atoms with Gasteiger partial charge in [0.05, 0.1) is 27.8 Å². The van der Waals surface area contributed by atoms with Gasteiger partial charge in [-0.15, -0.1) is 12.4 Å². The summed E-state index contributed by atoms with van der Waals surface area (Å²) in [7, 11) is 8.07. The number of anilines is 1. The van der Waals surface area contributed by atoms with Crippen molar-refractivity contribution in [2.24, 2.45) is 14.1 Å². The third-order valence-electron chi connectivity index (χ3n) is 4.18. The van der Waals surface area contributed by atoms with Crippen LogP contribution in [0.4, 0.5) is 5.69 Å². The highest BCUT2D eigenvalue weighted by atomic mass is 35.5. The van der Waals surface area contributed by atoms with Gasteiger partial charge in [0, 0.05) is 20.6 Å². The number of nitrogens with zero attached hydrogens (tertiary/aromatic N) is 6. The molecular formula is C16H26ClN7. The zero-order valence-corrected chi connectivity index (χ0v) is 16.0. The van der Waals surface area contributed by atoms with Gasteiger partial charge in [-0.3, -0.25) is 9.36 Å². The zero-order valence-electron chi connectivity index (χ0n) is 15.2. The average molecular weight is 352 g/mol. The van der Waals surface area contributed by atoms with Crippen molar-refractivity contribution in [3.05, 3.63) is 11.4 Å². The largest absolute Gasteiger partial charge is 0.384 e. The first-order valence-electron chi connectivity index (χ1n) is 7.95. The lowest BCUT2D eigenvalue weighted by atomic mass is 10.1. The number of aromatic nitrogens is 5. The summed E-state index contributed by atoms with van der Waals surface area (Å²) in [6.07, 6.45) is 1.08. The maximum Gasteiger partial charge on any atom is 0.162 e. The lowest BCUT2D eigenvalue weighted by Crippen LogP contribution is -2.16. The molecule has 3 rings (SSSR count). The summed E-state index contributed by atoms with van der Waals surface area (Å²) in [5, 5.41) is 14.9. The Morgan fingerprint density at radius 1 is 0.958 bits per heavy atom. The van der Waals surface area contributed by atoms with Crippen molar-refractivity contribution in [3.8, 4) is 0 Å². The summed E-state index contributed by atoms with van der Waals surface area (Å²) < 4.78 is 3.69. The van der Waals surface area contributed by atoms with Crippen molar-refractivity contribution in [2.45, 2.75) is 20.3 Å². The van der Waals surface area contributed by atoms with Gasteiger partial charge in [0.1, 0.15) is 0 Å². The second kappa shape index (κ2) is 6.94. The van der Waals surface area contributed by atoms with Crippen LogP contribution in [-0.2, 0) is 14.1 Å². The van der Waals surface area contributed by atoms with Gasteiger partial charge in [-0.1, -0.05) is 0 Å². The van der Waals surface area contributed by atoms with Gasteiger partial charge in [-0.2, -0.15) is 10.2 Å². The lowest BCUT2D eigenvalue weighted by molar-refractivity contribution is 0.405. The predicted molar refractivity (Wildman–Crippen MR) is 101 cm³/mol. The summed E-state index contributed by atoms with van der Waals surface area (Å²) in [5.74, 6) is 0. The molecule has 7 nitrogen and oxygen atoms in total. The van der Waals surface area contributed by atoms with Crippen molar-refractivity contribution >= 4 is 40.2 Å². The van der Waals surface area contributed by atoms with Crippen LogP contribution >= 0.6 is 12.4 Å². The quantitative estimate of drug-likeness (QED) is 0.714. The summed E-state index contributed by atoms with van der Waals surface area (Å²) in [4.78, 5) is 6.99. The van der Waals surface area contributed by atoms with Crippen molar-refractivity contribution in [2.75, 3.05) is 32.5 Å². The van der Waals surface area contributed by atoms with E-state index in [1.807, 2.05) is 37.3 Å². The first-order valence-corrected chi connectivity index (χ1v) is 7.95. The summed E-state index contributed by atoms with van der Waals surface area (Å²) in [6.45, 7) is 6.04. The fourth-order valence-electron chi connectivity index (χ4n) is 3.14. The highest BCUT2D eigenvalue weighted by molar-refractivity contribution is 6.07. The zero-order chi connectivity index (χ0) is 16.7. The molecule has 8 heteroatoms. The van der Waals surface area contributed by atoms with Gasteiger partial charge >= 0.3 is 0 Å². The molecule has 0 aliphatic heterocycles. The molecule has 0 saturated heterocycles. The number of nitrogens with one attached hydrogen (secondary N) is 1. The summed E-state index contributed by atoms with van der Waals surface area (Å²) in [5.41, 5.74) is 4.90. The fourth-order valence-corrected chi connectivity index (χ4v) is 3.14. The number of rotatable bonds is 5. The maximum absolute atomic E-state index is 4.79. The minimum Gasteiger partial charge on any atom is -0.384 e. The normalized spacial score (nSPS) is 11.5. The SMILES string of the molecule is Cc1nn(C)c2nc3c(c(C)nn3C)c(NCCCN(C)C)c12.Cl. The van der Waals surface area contributed by atoms with E-state index >= 15 is 0 Å². The van der Waals surface area contributed by atoms with Crippen LogP contribution in [0, 0.1) is 13.8 Å². The van der Waals surface area contributed by atoms with Crippen LogP contribution in [0.1, 0.15) is 17.8 Å². The van der Waals surface area contributed by atoms with Crippen LogP contribution in [0.25, 0.3) is 22.1 Å². The monoisotopic (exact) mass is 351 g/mol. The Bertz CT molecular complexity index is 802. The molecule has 0 amide bonds. The summed E-state index contributed by atoms with van der Waals surface area (Å²) >= 11 is 0. The Labute approximate surface area is 148 Å². The van der Waals surface area contributed by atoms with E-state index in [0.717, 1.165) is 58.7 Å². The van der Waals surface area contributed by atoms with Gasteiger partial charge in [0.2, 0.25) is 0 Å². The Hall–Kier alpha value is -1.86. The standard InChI is InChI=1S/C16H25N7.ClH/c1-10-12-14(17-8-7-9-21(3)4)13-11(2)20-23(6)16(13)18-15(12)22(5)19-10;/h7-9H2,1-6H3,(H,17,18);1H. The van der Waals surface area contributed by atoms with Crippen molar-refractivity contribution < 1.29 is 0 Å². The molecule has 0 bridgehead atoms. The van der Waals surface area contributed by atoms with E-state index < -0.39 is 0 Å². The molecule has 0 atom stereocenters. The van der Waals surface area contributed by atoms with Gasteiger partial charge in [-0.05, 0) is 40.9 Å². The van der Waals surface area contributed by atoms with Crippen LogP contribution in [0.3, 0.4) is 0 Å². The van der Waals surface area contributed by atoms with E-state index in [9.17, 15) is 0 Å². The predicted octanol–water partition coefficient (Wildman–Crippen LogP) is 2.26. The molecule has 0 aliphatic carbocycles. The first kappa shape index (κ1) is 18.5. The molecule has 0 unspecified atom stereocenters. The van der Waals surface area contributed by atoms with Gasteiger partial charge in [0.25, 0.3) is 0 Å². The van der Waals surface area contributed by atoms with E-state index in [1.165, 1.54) is 0 Å². The van der Waals surface area contributed by atoms with E-state index in [4.69, 9.17) is 4.98 Å². The topological polar surface area (TPSA) is 63.8 Å². The molecule has 3 aromatic heterocycles. The minimum absolute atomic E-state index is 0. The third-order valence-corrected chi connectivity index (χ3v) is 4.18. The molecule has 1 N–H and O–H groups in total. The maximum atomic E-state index is 4.79. The van der Waals surface area contributed by atoms with Crippen molar-refractivity contribution in [1.29, 1.82) is 0 Å². The van der Waals surface area contributed by atoms with Crippen LogP contribution in [0.15, 0.2) is 0 Å². The highest BCUT2D eigenvalue weighted by Gasteiger charge is 2.19. The molecule has 132 valence electrons. The average Bonchev–Trinajstić information content (AvgIpc) is 2.92. The van der Waals surface area contributed by atoms with Crippen LogP contribution in [0.5, 0.6) is 0 Å². The molecule has 0 saturated carbocycles. The Morgan fingerprint density at radius 2 is 1.46 bits per heavy atom. The van der Waals surface area contributed by atoms with Crippen LogP contribution in [0.2, 0.25) is 0 Å². The summed E-state index contributed by atoms with van der Waals surface area (Å²) in [6, 6.07) is 0. The smallest absolute Gasteiger partial charge is 0.162 e. The Kier molecular flexibility index (Phi) is 5.35. The molecule has 0 aliphatic rings. The molecule has 3 heterocycles. The van der Waals surface area contributed by atoms with Crippen molar-refractivity contribution in [1.82, 2.24) is 29.4 Å². The Balaban J connectivity index is 0.00000208. The number of hydrogen-bond donors (Lipinski definition) is 1. The molecular weight excluding hydrogens is 326 g/mol. The molecule has 0 fully saturated rings. The number of hydrogen-bond acceptors (Lipinski definition) is 5. The van der Waals surface area contributed by atoms with Gasteiger partial charge in [0.15, 0.2) is 11.3 Å². The minimum atomic E-state index is 0. The second-order valence-electron chi connectivity index (χ2n) is 6.39. The van der Waals surface area contributed by atoms with Gasteiger partial charge < -0.3 is 10.2 Å². The number of pyridine rings is 1. The molecule has 24 heavy (non-hydrogen) atoms.